The first kappa shape index (κ1) is 29.9. The van der Waals surface area contributed by atoms with E-state index >= 15 is 0 Å². The van der Waals surface area contributed by atoms with E-state index in [0.717, 1.165) is 48.3 Å². The van der Waals surface area contributed by atoms with Gasteiger partial charge in [0.15, 0.2) is 0 Å². The Morgan fingerprint density at radius 3 is 1.24 bits per heavy atom. The second-order valence-electron chi connectivity index (χ2n) is 16.4. The maximum atomic E-state index is 13.3. The largest absolute Gasteiger partial charge is 0.519 e. The third kappa shape index (κ3) is 5.79. The van der Waals surface area contributed by atoms with Crippen LogP contribution in [0.15, 0.2) is 36.4 Å². The molecule has 0 radical (unpaired) electrons. The fourth-order valence-corrected chi connectivity index (χ4v) is 12.1. The topological polar surface area (TPSA) is 122 Å². The van der Waals surface area contributed by atoms with E-state index in [1.165, 1.54) is 113 Å². The first-order valence-electron chi connectivity index (χ1n) is 17.6. The van der Waals surface area contributed by atoms with Gasteiger partial charge in [0.2, 0.25) is 0 Å². The second-order valence-corrected chi connectivity index (χ2v) is 16.4. The molecule has 0 saturated heterocycles. The molecule has 8 saturated carbocycles. The Morgan fingerprint density at radius 2 is 0.935 bits per heavy atom. The lowest BCUT2D eigenvalue weighted by molar-refractivity contribution is -0.385. The number of ether oxygens (including phenoxy) is 2. The van der Waals surface area contributed by atoms with Crippen molar-refractivity contribution in [1.29, 1.82) is 0 Å². The van der Waals surface area contributed by atoms with Gasteiger partial charge in [-0.25, -0.2) is 4.79 Å². The Hall–Kier alpha value is -3.49. The Morgan fingerprint density at radius 1 is 0.609 bits per heavy atom. The van der Waals surface area contributed by atoms with Crippen LogP contribution in [-0.2, 0) is 12.8 Å². The third-order valence-electron chi connectivity index (χ3n) is 13.1. The number of hydrogen-bond donors (Lipinski definition) is 0. The smallest absolute Gasteiger partial charge is 0.394 e. The van der Waals surface area contributed by atoms with Gasteiger partial charge in [-0.15, -0.1) is 0 Å². The minimum Gasteiger partial charge on any atom is -0.394 e. The van der Waals surface area contributed by atoms with Crippen LogP contribution in [0.1, 0.15) is 101 Å². The van der Waals surface area contributed by atoms with Gasteiger partial charge < -0.3 is 9.47 Å². The fourth-order valence-electron chi connectivity index (χ4n) is 12.1. The van der Waals surface area contributed by atoms with Gasteiger partial charge in [0.1, 0.15) is 11.5 Å². The normalized spacial score (nSPS) is 34.9. The number of hydrogen-bond acceptors (Lipinski definition) is 7. The van der Waals surface area contributed by atoms with Gasteiger partial charge in [-0.2, -0.15) is 0 Å². The highest BCUT2D eigenvalue weighted by atomic mass is 16.7. The minimum atomic E-state index is -0.935. The molecule has 244 valence electrons. The maximum absolute atomic E-state index is 13.3. The number of carbonyl (C=O) groups excluding carboxylic acids is 1. The molecule has 2 aromatic carbocycles. The molecule has 9 heteroatoms. The van der Waals surface area contributed by atoms with E-state index < -0.39 is 16.0 Å². The fraction of sp³-hybridized carbons (Fsp3) is 0.649. The van der Waals surface area contributed by atoms with Crippen molar-refractivity contribution in [3.63, 3.8) is 0 Å². The van der Waals surface area contributed by atoms with Crippen molar-refractivity contribution in [1.82, 2.24) is 0 Å². The van der Waals surface area contributed by atoms with E-state index in [1.54, 1.807) is 0 Å². The molecule has 0 aliphatic heterocycles. The van der Waals surface area contributed by atoms with Gasteiger partial charge in [-0.1, -0.05) is 0 Å². The summed E-state index contributed by atoms with van der Waals surface area (Å²) >= 11 is 0. The lowest BCUT2D eigenvalue weighted by Gasteiger charge is -2.57. The standard InChI is InChI=1S/C37H44N2O7/c40-35(45-33-3-1-31(38(41)42)15-29(33)5-7-36-17-23-9-24(18-36)11-25(10-23)19-36)46-34-4-2-32(39(43)44)16-30(34)6-8-37-20-26-12-27(21-37)14-28(13-26)22-37/h1-4,15-16,23-28H,5-14,17-22H2. The van der Waals surface area contributed by atoms with E-state index in [-0.39, 0.29) is 33.7 Å². The molecular weight excluding hydrogens is 584 g/mol. The number of aryl methyl sites for hydroxylation is 2. The number of non-ortho nitro benzene ring substituents is 2. The summed E-state index contributed by atoms with van der Waals surface area (Å²) in [6, 6.07) is 8.79. The van der Waals surface area contributed by atoms with Crippen molar-refractivity contribution < 1.29 is 24.1 Å². The maximum Gasteiger partial charge on any atom is 0.519 e. The molecule has 9 nitrogen and oxygen atoms in total. The molecule has 0 amide bonds. The zero-order chi connectivity index (χ0) is 31.6. The van der Waals surface area contributed by atoms with Crippen LogP contribution in [0, 0.1) is 66.6 Å². The Balaban J connectivity index is 0.983. The van der Waals surface area contributed by atoms with Crippen molar-refractivity contribution in [3.05, 3.63) is 67.8 Å². The molecule has 0 aromatic heterocycles. The number of nitro benzene ring substituents is 2. The van der Waals surface area contributed by atoms with Crippen LogP contribution in [0.3, 0.4) is 0 Å². The average Bonchev–Trinajstić information content (AvgIpc) is 2.98. The first-order valence-corrected chi connectivity index (χ1v) is 17.6. The SMILES string of the molecule is O=C(Oc1ccc([N+](=O)[O-])cc1CCC12CC3CC(CC(C3)C1)C2)Oc1ccc([N+](=O)[O-])cc1CCC12CC3CC(CC(C3)C1)C2. The molecular formula is C37H44N2O7. The van der Waals surface area contributed by atoms with Gasteiger partial charge >= 0.3 is 6.16 Å². The first-order chi connectivity index (χ1) is 22.1. The average molecular weight is 629 g/mol. The molecule has 8 aliphatic rings. The monoisotopic (exact) mass is 628 g/mol. The van der Waals surface area contributed by atoms with E-state index in [2.05, 4.69) is 0 Å². The summed E-state index contributed by atoms with van der Waals surface area (Å²) in [6.07, 6.45) is 17.6. The number of rotatable bonds is 10. The van der Waals surface area contributed by atoms with Crippen LogP contribution in [0.4, 0.5) is 16.2 Å². The molecule has 0 spiro atoms. The van der Waals surface area contributed by atoms with E-state index in [4.69, 9.17) is 9.47 Å². The molecule has 2 aromatic rings. The Bertz CT molecular complexity index is 1380. The summed E-state index contributed by atoms with van der Waals surface area (Å²) in [7, 11) is 0. The number of nitrogens with zero attached hydrogens (tertiary/aromatic N) is 2. The summed E-state index contributed by atoms with van der Waals surface area (Å²) in [4.78, 5) is 35.7. The summed E-state index contributed by atoms with van der Waals surface area (Å²) in [5, 5.41) is 23.3. The molecule has 10 rings (SSSR count). The predicted octanol–water partition coefficient (Wildman–Crippen LogP) is 9.38. The minimum absolute atomic E-state index is 0.0245. The Kier molecular flexibility index (Phi) is 7.37. The van der Waals surface area contributed by atoms with Crippen molar-refractivity contribution in [2.75, 3.05) is 0 Å². The Labute approximate surface area is 269 Å². The van der Waals surface area contributed by atoms with Gasteiger partial charge in [0.05, 0.1) is 9.85 Å². The predicted molar refractivity (Wildman–Crippen MR) is 171 cm³/mol. The molecule has 46 heavy (non-hydrogen) atoms. The second kappa shape index (κ2) is 11.3. The highest BCUT2D eigenvalue weighted by Gasteiger charge is 2.51. The molecule has 0 unspecified atom stereocenters. The van der Waals surface area contributed by atoms with Crippen LogP contribution in [0.25, 0.3) is 0 Å². The van der Waals surface area contributed by atoms with Crippen LogP contribution >= 0.6 is 0 Å². The lowest BCUT2D eigenvalue weighted by Crippen LogP contribution is -2.46. The van der Waals surface area contributed by atoms with Crippen LogP contribution in [0.5, 0.6) is 11.5 Å². The quantitative estimate of drug-likeness (QED) is 0.111. The van der Waals surface area contributed by atoms with Gasteiger partial charge in [0.25, 0.3) is 11.4 Å². The number of benzene rings is 2. The van der Waals surface area contributed by atoms with Crippen molar-refractivity contribution >= 4 is 17.5 Å². The summed E-state index contributed by atoms with van der Waals surface area (Å²) in [5.41, 5.74) is 1.80. The van der Waals surface area contributed by atoms with E-state index in [9.17, 15) is 25.0 Å². The zero-order valence-electron chi connectivity index (χ0n) is 26.5. The van der Waals surface area contributed by atoms with Gasteiger partial charge in [-0.3, -0.25) is 20.2 Å². The van der Waals surface area contributed by atoms with Gasteiger partial charge in [0, 0.05) is 35.4 Å². The molecule has 8 fully saturated rings. The number of nitro groups is 2. The van der Waals surface area contributed by atoms with Crippen molar-refractivity contribution in [2.45, 2.75) is 103 Å². The zero-order valence-corrected chi connectivity index (χ0v) is 26.5. The van der Waals surface area contributed by atoms with Crippen LogP contribution in [-0.4, -0.2) is 16.0 Å². The molecule has 0 atom stereocenters. The van der Waals surface area contributed by atoms with Crippen molar-refractivity contribution in [3.8, 4) is 11.5 Å². The van der Waals surface area contributed by atoms with E-state index in [1.807, 2.05) is 0 Å². The molecule has 8 bridgehead atoms. The molecule has 0 N–H and O–H groups in total. The summed E-state index contributed by atoms with van der Waals surface area (Å²) in [5.74, 6) is 5.39. The lowest BCUT2D eigenvalue weighted by atomic mass is 9.48. The molecule has 8 aliphatic carbocycles. The summed E-state index contributed by atoms with van der Waals surface area (Å²) in [6.45, 7) is 0. The molecule has 0 heterocycles. The number of carbonyl (C=O) groups is 1. The highest BCUT2D eigenvalue weighted by molar-refractivity contribution is 5.69. The van der Waals surface area contributed by atoms with Crippen LogP contribution in [0.2, 0.25) is 0 Å². The highest BCUT2D eigenvalue weighted by Crippen LogP contribution is 2.63. The van der Waals surface area contributed by atoms with E-state index in [0.29, 0.717) is 24.0 Å². The third-order valence-corrected chi connectivity index (χ3v) is 13.1. The summed E-state index contributed by atoms with van der Waals surface area (Å²) < 4.78 is 11.5. The van der Waals surface area contributed by atoms with Crippen LogP contribution < -0.4 is 9.47 Å². The van der Waals surface area contributed by atoms with Gasteiger partial charge in [-0.05, 0) is 161 Å². The van der Waals surface area contributed by atoms with Crippen molar-refractivity contribution in [2.24, 2.45) is 46.3 Å².